The molecule has 0 saturated carbocycles. The average molecular weight is 200 g/mol. The zero-order valence-electron chi connectivity index (χ0n) is 9.59. The third-order valence-corrected chi connectivity index (χ3v) is 2.75. The minimum atomic E-state index is 0.704. The molecule has 1 atom stereocenters. The van der Waals surface area contributed by atoms with Gasteiger partial charge in [-0.25, -0.2) is 0 Å². The fourth-order valence-electron chi connectivity index (χ4n) is 2.05. The first-order chi connectivity index (χ1) is 6.86. The van der Waals surface area contributed by atoms with Crippen molar-refractivity contribution in [2.24, 2.45) is 0 Å². The van der Waals surface area contributed by atoms with Gasteiger partial charge in [0.2, 0.25) is 0 Å². The quantitative estimate of drug-likeness (QED) is 0.650. The molecule has 0 aromatic rings. The van der Waals surface area contributed by atoms with E-state index in [2.05, 4.69) is 24.1 Å². The zero-order valence-corrected chi connectivity index (χ0v) is 9.59. The smallest absolute Gasteiger partial charge is 0.0593 e. The van der Waals surface area contributed by atoms with Crippen molar-refractivity contribution in [2.45, 2.75) is 32.7 Å². The Balaban J connectivity index is 2.12. The van der Waals surface area contributed by atoms with Crippen LogP contribution in [0.15, 0.2) is 0 Å². The van der Waals surface area contributed by atoms with E-state index in [1.54, 1.807) is 0 Å². The molecule has 1 aliphatic heterocycles. The van der Waals surface area contributed by atoms with Crippen LogP contribution < -0.4 is 5.32 Å². The minimum Gasteiger partial charge on any atom is -0.380 e. The molecule has 3 heteroatoms. The summed E-state index contributed by atoms with van der Waals surface area (Å²) < 4.78 is 5.37. The van der Waals surface area contributed by atoms with Crippen LogP contribution in [0.4, 0.5) is 0 Å². The number of likely N-dealkylation sites (tertiary alicyclic amines) is 1. The van der Waals surface area contributed by atoms with E-state index in [-0.39, 0.29) is 0 Å². The first-order valence-electron chi connectivity index (χ1n) is 5.90. The summed E-state index contributed by atoms with van der Waals surface area (Å²) in [7, 11) is 0. The fourth-order valence-corrected chi connectivity index (χ4v) is 2.05. The highest BCUT2D eigenvalue weighted by molar-refractivity contribution is 4.77. The summed E-state index contributed by atoms with van der Waals surface area (Å²) in [5.41, 5.74) is 0. The van der Waals surface area contributed by atoms with E-state index in [0.29, 0.717) is 6.04 Å². The molecule has 1 rings (SSSR count). The maximum atomic E-state index is 5.37. The number of ether oxygens (including phenoxy) is 1. The van der Waals surface area contributed by atoms with Crippen LogP contribution in [0.25, 0.3) is 0 Å². The van der Waals surface area contributed by atoms with Gasteiger partial charge in [0.05, 0.1) is 6.61 Å². The monoisotopic (exact) mass is 200 g/mol. The molecule has 1 heterocycles. The molecule has 1 N–H and O–H groups in total. The van der Waals surface area contributed by atoms with Gasteiger partial charge < -0.3 is 10.1 Å². The minimum absolute atomic E-state index is 0.704. The lowest BCUT2D eigenvalue weighted by Gasteiger charge is -2.32. The number of rotatable bonds is 6. The SMILES string of the molecule is CCNC1CCCN(CCOCC)C1. The van der Waals surface area contributed by atoms with Gasteiger partial charge in [0.15, 0.2) is 0 Å². The standard InChI is InChI=1S/C11H24N2O/c1-3-12-11-6-5-7-13(10-11)8-9-14-4-2/h11-12H,3-10H2,1-2H3. The molecule has 0 bridgehead atoms. The summed E-state index contributed by atoms with van der Waals surface area (Å²) in [6.45, 7) is 10.6. The predicted octanol–water partition coefficient (Wildman–Crippen LogP) is 1.10. The van der Waals surface area contributed by atoms with Crippen LogP contribution in [-0.2, 0) is 4.74 Å². The second-order valence-corrected chi connectivity index (χ2v) is 3.89. The zero-order chi connectivity index (χ0) is 10.2. The molecule has 3 nitrogen and oxygen atoms in total. The number of piperidine rings is 1. The van der Waals surface area contributed by atoms with Gasteiger partial charge in [0.1, 0.15) is 0 Å². The van der Waals surface area contributed by atoms with Gasteiger partial charge in [-0.2, -0.15) is 0 Å². The first kappa shape index (κ1) is 12.0. The highest BCUT2D eigenvalue weighted by atomic mass is 16.5. The second-order valence-electron chi connectivity index (χ2n) is 3.89. The Bertz CT molecular complexity index is 139. The van der Waals surface area contributed by atoms with E-state index < -0.39 is 0 Å². The Morgan fingerprint density at radius 3 is 3.00 bits per heavy atom. The molecule has 1 unspecified atom stereocenters. The Morgan fingerprint density at radius 2 is 2.29 bits per heavy atom. The number of nitrogens with one attached hydrogen (secondary N) is 1. The Labute approximate surface area is 87.8 Å². The van der Waals surface area contributed by atoms with E-state index in [0.717, 1.165) is 26.3 Å². The van der Waals surface area contributed by atoms with Crippen molar-refractivity contribution in [3.63, 3.8) is 0 Å². The van der Waals surface area contributed by atoms with Crippen molar-refractivity contribution in [1.82, 2.24) is 10.2 Å². The van der Waals surface area contributed by atoms with Gasteiger partial charge in [-0.05, 0) is 32.9 Å². The Kier molecular flexibility index (Phi) is 6.15. The van der Waals surface area contributed by atoms with E-state index in [9.17, 15) is 0 Å². The van der Waals surface area contributed by atoms with Crippen LogP contribution in [0.5, 0.6) is 0 Å². The Hall–Kier alpha value is -0.120. The van der Waals surface area contributed by atoms with Crippen LogP contribution in [0.2, 0.25) is 0 Å². The van der Waals surface area contributed by atoms with Crippen molar-refractivity contribution in [3.05, 3.63) is 0 Å². The van der Waals surface area contributed by atoms with E-state index in [1.807, 2.05) is 0 Å². The van der Waals surface area contributed by atoms with Crippen molar-refractivity contribution in [1.29, 1.82) is 0 Å². The number of hydrogen-bond donors (Lipinski definition) is 1. The topological polar surface area (TPSA) is 24.5 Å². The summed E-state index contributed by atoms with van der Waals surface area (Å²) >= 11 is 0. The van der Waals surface area contributed by atoms with Crippen molar-refractivity contribution in [3.8, 4) is 0 Å². The molecule has 84 valence electrons. The fraction of sp³-hybridized carbons (Fsp3) is 1.00. The lowest BCUT2D eigenvalue weighted by atomic mass is 10.1. The van der Waals surface area contributed by atoms with Gasteiger partial charge in [-0.3, -0.25) is 4.90 Å². The highest BCUT2D eigenvalue weighted by Gasteiger charge is 2.17. The largest absolute Gasteiger partial charge is 0.380 e. The van der Waals surface area contributed by atoms with Crippen molar-refractivity contribution >= 4 is 0 Å². The molecular formula is C11H24N2O. The third kappa shape index (κ3) is 4.40. The molecule has 14 heavy (non-hydrogen) atoms. The molecule has 0 radical (unpaired) electrons. The molecule has 0 aromatic carbocycles. The summed E-state index contributed by atoms with van der Waals surface area (Å²) in [6.07, 6.45) is 2.66. The normalized spacial score (nSPS) is 24.0. The van der Waals surface area contributed by atoms with Gasteiger partial charge in [-0.15, -0.1) is 0 Å². The van der Waals surface area contributed by atoms with Crippen LogP contribution in [0, 0.1) is 0 Å². The van der Waals surface area contributed by atoms with Gasteiger partial charge in [0.25, 0.3) is 0 Å². The predicted molar refractivity (Wildman–Crippen MR) is 59.6 cm³/mol. The van der Waals surface area contributed by atoms with Gasteiger partial charge >= 0.3 is 0 Å². The van der Waals surface area contributed by atoms with Gasteiger partial charge in [-0.1, -0.05) is 6.92 Å². The van der Waals surface area contributed by atoms with Crippen molar-refractivity contribution in [2.75, 3.05) is 39.4 Å². The van der Waals surface area contributed by atoms with Crippen LogP contribution >= 0.6 is 0 Å². The molecule has 0 aromatic heterocycles. The van der Waals surface area contributed by atoms with E-state index in [4.69, 9.17) is 4.74 Å². The molecule has 0 aliphatic carbocycles. The number of hydrogen-bond acceptors (Lipinski definition) is 3. The summed E-state index contributed by atoms with van der Waals surface area (Å²) in [5.74, 6) is 0. The third-order valence-electron chi connectivity index (χ3n) is 2.75. The lowest BCUT2D eigenvalue weighted by molar-refractivity contribution is 0.0975. The molecule has 0 spiro atoms. The maximum Gasteiger partial charge on any atom is 0.0593 e. The molecular weight excluding hydrogens is 176 g/mol. The highest BCUT2D eigenvalue weighted by Crippen LogP contribution is 2.09. The van der Waals surface area contributed by atoms with Crippen LogP contribution in [0.1, 0.15) is 26.7 Å². The van der Waals surface area contributed by atoms with E-state index >= 15 is 0 Å². The van der Waals surface area contributed by atoms with Crippen LogP contribution in [-0.4, -0.2) is 50.3 Å². The van der Waals surface area contributed by atoms with Gasteiger partial charge in [0, 0.05) is 25.7 Å². The van der Waals surface area contributed by atoms with Crippen LogP contribution in [0.3, 0.4) is 0 Å². The molecule has 1 aliphatic rings. The number of likely N-dealkylation sites (N-methyl/N-ethyl adjacent to an activating group) is 1. The summed E-state index contributed by atoms with van der Waals surface area (Å²) in [6, 6.07) is 0.704. The number of nitrogens with zero attached hydrogens (tertiary/aromatic N) is 1. The molecule has 1 saturated heterocycles. The second kappa shape index (κ2) is 7.21. The first-order valence-corrected chi connectivity index (χ1v) is 5.90. The molecule has 0 amide bonds. The molecule has 1 fully saturated rings. The summed E-state index contributed by atoms with van der Waals surface area (Å²) in [4.78, 5) is 2.51. The Morgan fingerprint density at radius 1 is 1.43 bits per heavy atom. The average Bonchev–Trinajstić information content (AvgIpc) is 2.19. The van der Waals surface area contributed by atoms with Crippen molar-refractivity contribution < 1.29 is 4.74 Å². The lowest BCUT2D eigenvalue weighted by Crippen LogP contribution is -2.46. The maximum absolute atomic E-state index is 5.37. The van der Waals surface area contributed by atoms with E-state index in [1.165, 1.54) is 25.9 Å². The summed E-state index contributed by atoms with van der Waals surface area (Å²) in [5, 5.41) is 3.52.